The molecule has 4 heteroatoms. The second kappa shape index (κ2) is 4.98. The van der Waals surface area contributed by atoms with Crippen molar-refractivity contribution in [3.05, 3.63) is 0 Å². The average molecular weight is 209 g/mol. The molecule has 0 atom stereocenters. The first-order chi connectivity index (χ1) is 1.73. The molecule has 0 heterocycles. The fourth-order valence-electron chi connectivity index (χ4n) is 0. The van der Waals surface area contributed by atoms with Crippen LogP contribution in [0.5, 0.6) is 0 Å². The summed E-state index contributed by atoms with van der Waals surface area (Å²) in [5.74, 6) is 0. The number of rotatable bonds is 0. The van der Waals surface area contributed by atoms with Crippen molar-refractivity contribution in [2.24, 2.45) is 0 Å². The molecule has 0 rings (SSSR count). The van der Waals surface area contributed by atoms with Gasteiger partial charge in [0.05, 0.1) is 0 Å². The molecule has 0 aliphatic heterocycles. The number of halogens is 3. The molecule has 0 amide bonds. The maximum atomic E-state index is 9.67. The van der Waals surface area contributed by atoms with Crippen LogP contribution in [0.2, 0.25) is 0 Å². The largest absolute Gasteiger partial charge is 0.379 e. The van der Waals surface area contributed by atoms with Gasteiger partial charge in [0.25, 0.3) is 0 Å². The molecule has 0 spiro atoms. The predicted molar refractivity (Wildman–Crippen MR) is 7.11 cm³/mol. The van der Waals surface area contributed by atoms with Crippen molar-refractivity contribution in [1.29, 1.82) is 0 Å². The Morgan fingerprint density at radius 1 is 1.00 bits per heavy atom. The van der Waals surface area contributed by atoms with Crippen LogP contribution in [-0.4, -0.2) is 6.68 Å². The molecule has 5 heavy (non-hydrogen) atoms. The van der Waals surface area contributed by atoms with Crippen LogP contribution in [0, 0.1) is 35.6 Å². The second-order valence-electron chi connectivity index (χ2n) is 0.247. The number of hydrogen-bond acceptors (Lipinski definition) is 0. The summed E-state index contributed by atoms with van der Waals surface area (Å²) in [4.78, 5) is 0. The Kier molecular flexibility index (Phi) is 9.34. The second-order valence-corrected chi connectivity index (χ2v) is 0.247. The Bertz CT molecular complexity index is 11.6. The zero-order valence-corrected chi connectivity index (χ0v) is 5.91. The van der Waals surface area contributed by atoms with Gasteiger partial charge in [-0.3, -0.25) is 0 Å². The van der Waals surface area contributed by atoms with E-state index in [0.29, 0.717) is 0 Å². The van der Waals surface area contributed by atoms with Gasteiger partial charge in [0.2, 0.25) is 0 Å². The first-order valence-electron chi connectivity index (χ1n) is 0.655. The number of alkyl halides is 3. The van der Waals surface area contributed by atoms with E-state index in [4.69, 9.17) is 0 Å². The minimum atomic E-state index is -3.67. The van der Waals surface area contributed by atoms with Crippen molar-refractivity contribution in [1.82, 2.24) is 0 Å². The van der Waals surface area contributed by atoms with Crippen LogP contribution in [0.3, 0.4) is 0 Å². The van der Waals surface area contributed by atoms with Crippen LogP contribution in [-0.2, 0) is 0 Å². The standard InChI is InChI=1S/CHF3.La/c2-1(3)4;/h1H;. The van der Waals surface area contributed by atoms with Gasteiger partial charge in [-0.05, 0) is 0 Å². The van der Waals surface area contributed by atoms with E-state index in [1.807, 2.05) is 0 Å². The zero-order chi connectivity index (χ0) is 3.58. The van der Waals surface area contributed by atoms with Crippen LogP contribution < -0.4 is 0 Å². The molecule has 0 aliphatic rings. The molecule has 29 valence electrons. The minimum Gasteiger partial charge on any atom is -0.174 e. The van der Waals surface area contributed by atoms with Crippen LogP contribution in [0.4, 0.5) is 13.2 Å². The van der Waals surface area contributed by atoms with E-state index in [2.05, 4.69) is 0 Å². The van der Waals surface area contributed by atoms with Gasteiger partial charge in [-0.25, -0.2) is 0 Å². The van der Waals surface area contributed by atoms with Crippen molar-refractivity contribution in [3.8, 4) is 0 Å². The van der Waals surface area contributed by atoms with Gasteiger partial charge in [-0.2, -0.15) is 13.2 Å². The van der Waals surface area contributed by atoms with Crippen LogP contribution >= 0.6 is 0 Å². The maximum Gasteiger partial charge on any atom is 0.379 e. The quantitative estimate of drug-likeness (QED) is 0.561. The summed E-state index contributed by atoms with van der Waals surface area (Å²) < 4.78 is 29.0. The van der Waals surface area contributed by atoms with Gasteiger partial charge in [-0.15, -0.1) is 0 Å². The molecule has 0 saturated heterocycles. The van der Waals surface area contributed by atoms with E-state index in [1.54, 1.807) is 0 Å². The molecule has 0 fully saturated rings. The van der Waals surface area contributed by atoms with Gasteiger partial charge >= 0.3 is 6.68 Å². The molecule has 0 aromatic carbocycles. The summed E-state index contributed by atoms with van der Waals surface area (Å²) in [7, 11) is 0. The minimum absolute atomic E-state index is 0. The summed E-state index contributed by atoms with van der Waals surface area (Å²) in [6, 6.07) is 0. The van der Waals surface area contributed by atoms with Crippen LogP contribution in [0.15, 0.2) is 0 Å². The maximum absolute atomic E-state index is 9.67. The van der Waals surface area contributed by atoms with E-state index >= 15 is 0 Å². The summed E-state index contributed by atoms with van der Waals surface area (Å²) in [6.45, 7) is -3.67. The molecule has 0 saturated carbocycles. The molecule has 0 aliphatic carbocycles. The third-order valence-corrected chi connectivity index (χ3v) is 0. The van der Waals surface area contributed by atoms with Gasteiger partial charge in [0.1, 0.15) is 0 Å². The van der Waals surface area contributed by atoms with Crippen molar-refractivity contribution in [3.63, 3.8) is 0 Å². The Morgan fingerprint density at radius 3 is 1.00 bits per heavy atom. The van der Waals surface area contributed by atoms with E-state index in [9.17, 15) is 13.2 Å². The monoisotopic (exact) mass is 209 g/mol. The zero-order valence-electron chi connectivity index (χ0n) is 2.29. The number of hydrogen-bond donors (Lipinski definition) is 0. The Labute approximate surface area is 55.3 Å². The van der Waals surface area contributed by atoms with Crippen molar-refractivity contribution in [2.75, 3.05) is 0 Å². The van der Waals surface area contributed by atoms with Crippen molar-refractivity contribution in [2.45, 2.75) is 6.68 Å². The normalized spacial score (nSPS) is 7.20. The first kappa shape index (κ1) is 9.37. The molecule has 0 aromatic rings. The van der Waals surface area contributed by atoms with Crippen molar-refractivity contribution < 1.29 is 48.8 Å². The summed E-state index contributed by atoms with van der Waals surface area (Å²) >= 11 is 0. The molecule has 0 N–H and O–H groups in total. The summed E-state index contributed by atoms with van der Waals surface area (Å²) in [6.07, 6.45) is 0. The van der Waals surface area contributed by atoms with Gasteiger partial charge in [0, 0.05) is 35.6 Å². The Morgan fingerprint density at radius 2 is 1.00 bits per heavy atom. The van der Waals surface area contributed by atoms with Crippen LogP contribution in [0.25, 0.3) is 0 Å². The van der Waals surface area contributed by atoms with Gasteiger partial charge < -0.3 is 0 Å². The molecule has 1 radical (unpaired) electrons. The summed E-state index contributed by atoms with van der Waals surface area (Å²) in [5, 5.41) is 0. The van der Waals surface area contributed by atoms with E-state index in [1.165, 1.54) is 0 Å². The average Bonchev–Trinajstić information content (AvgIpc) is 0.811. The Balaban J connectivity index is 0. The van der Waals surface area contributed by atoms with E-state index in [0.717, 1.165) is 0 Å². The molecule has 0 bridgehead atoms. The SMILES string of the molecule is FC(F)F.[La]. The van der Waals surface area contributed by atoms with Crippen LogP contribution in [0.1, 0.15) is 0 Å². The van der Waals surface area contributed by atoms with Gasteiger partial charge in [-0.1, -0.05) is 0 Å². The Hall–Kier alpha value is 0.985. The topological polar surface area (TPSA) is 0 Å². The van der Waals surface area contributed by atoms with Crippen molar-refractivity contribution >= 4 is 0 Å². The van der Waals surface area contributed by atoms with E-state index < -0.39 is 6.68 Å². The fourth-order valence-corrected chi connectivity index (χ4v) is 0. The molecule has 0 unspecified atom stereocenters. The van der Waals surface area contributed by atoms with Gasteiger partial charge in [0.15, 0.2) is 0 Å². The van der Waals surface area contributed by atoms with E-state index in [-0.39, 0.29) is 35.6 Å². The smallest absolute Gasteiger partial charge is 0.174 e. The molecular formula is CHF3La. The first-order valence-corrected chi connectivity index (χ1v) is 0.655. The predicted octanol–water partition coefficient (Wildman–Crippen LogP) is 1.18. The summed E-state index contributed by atoms with van der Waals surface area (Å²) in [5.41, 5.74) is 0. The fraction of sp³-hybridized carbons (Fsp3) is 1.00. The third kappa shape index (κ3) is 45.8. The third-order valence-electron chi connectivity index (χ3n) is 0. The molecular weight excluding hydrogens is 208 g/mol. The molecule has 0 nitrogen and oxygen atoms in total. The molecule has 0 aromatic heterocycles.